The molecule has 2 rings (SSSR count). The van der Waals surface area contributed by atoms with E-state index in [-0.39, 0.29) is 12.3 Å². The number of nitrogens with zero attached hydrogens (tertiary/aromatic N) is 2. The van der Waals surface area contributed by atoms with Crippen molar-refractivity contribution in [3.63, 3.8) is 0 Å². The van der Waals surface area contributed by atoms with Gasteiger partial charge in [0.05, 0.1) is 13.5 Å². The second-order valence-corrected chi connectivity index (χ2v) is 5.41. The highest BCUT2D eigenvalue weighted by atomic mass is 16.5. The first kappa shape index (κ1) is 19.6. The number of benzene rings is 1. The largest absolute Gasteiger partial charge is 0.497 e. The molecule has 0 bridgehead atoms. The number of carbonyl (C=O) groups excluding carboxylic acids is 3. The normalized spacial score (nSPS) is 10.7. The molecule has 1 aromatic carbocycles. The number of aromatic nitrogens is 1. The molecule has 0 fully saturated rings. The highest BCUT2D eigenvalue weighted by Crippen LogP contribution is 2.14. The molecule has 3 N–H and O–H groups in total. The molecule has 2 aromatic rings. The Labute approximate surface area is 155 Å². The summed E-state index contributed by atoms with van der Waals surface area (Å²) in [6.45, 7) is 1.56. The number of methoxy groups -OCH3 is 1. The lowest BCUT2D eigenvalue weighted by Gasteiger charge is -2.06. The molecule has 1 heterocycles. The fourth-order valence-electron chi connectivity index (χ4n) is 1.95. The first-order chi connectivity index (χ1) is 13.0. The second-order valence-electron chi connectivity index (χ2n) is 5.41. The van der Waals surface area contributed by atoms with Crippen LogP contribution in [0.3, 0.4) is 0 Å². The summed E-state index contributed by atoms with van der Waals surface area (Å²) < 4.78 is 5.01. The summed E-state index contributed by atoms with van der Waals surface area (Å²) in [7, 11) is 1.53. The quantitative estimate of drug-likeness (QED) is 0.405. The van der Waals surface area contributed by atoms with Crippen LogP contribution >= 0.6 is 0 Å². The molecule has 0 unspecified atom stereocenters. The topological polar surface area (TPSA) is 122 Å². The molecule has 0 saturated heterocycles. The van der Waals surface area contributed by atoms with E-state index < -0.39 is 11.8 Å². The number of nitrogens with one attached hydrogen (secondary N) is 3. The molecule has 27 heavy (non-hydrogen) atoms. The van der Waals surface area contributed by atoms with E-state index in [9.17, 15) is 14.4 Å². The molecule has 0 radical (unpaired) electrons. The van der Waals surface area contributed by atoms with Gasteiger partial charge in [0.25, 0.3) is 0 Å². The van der Waals surface area contributed by atoms with Crippen molar-refractivity contribution in [3.8, 4) is 5.75 Å². The van der Waals surface area contributed by atoms with Gasteiger partial charge in [-0.25, -0.2) is 10.4 Å². The Morgan fingerprint density at radius 1 is 1.04 bits per heavy atom. The van der Waals surface area contributed by atoms with E-state index in [2.05, 4.69) is 26.1 Å². The van der Waals surface area contributed by atoms with Gasteiger partial charge in [-0.1, -0.05) is 6.07 Å². The molecule has 1 aromatic heterocycles. The summed E-state index contributed by atoms with van der Waals surface area (Å²) >= 11 is 0. The monoisotopic (exact) mass is 369 g/mol. The number of ether oxygens (including phenoxy) is 1. The molecule has 0 aliphatic heterocycles. The maximum absolute atomic E-state index is 11.9. The van der Waals surface area contributed by atoms with Gasteiger partial charge in [-0.15, -0.1) is 0 Å². The van der Waals surface area contributed by atoms with Crippen molar-refractivity contribution < 1.29 is 19.1 Å². The third kappa shape index (κ3) is 6.58. The molecule has 0 spiro atoms. The Balaban J connectivity index is 1.81. The molecular formula is C18H19N5O4. The van der Waals surface area contributed by atoms with Gasteiger partial charge in [0.15, 0.2) is 0 Å². The maximum Gasteiger partial charge on any atom is 0.329 e. The van der Waals surface area contributed by atoms with Crippen LogP contribution < -0.4 is 20.8 Å². The minimum absolute atomic E-state index is 0.0586. The number of amides is 3. The predicted octanol–water partition coefficient (Wildman–Crippen LogP) is 1.55. The van der Waals surface area contributed by atoms with Crippen molar-refractivity contribution in [2.24, 2.45) is 5.10 Å². The Kier molecular flexibility index (Phi) is 7.00. The number of hydrogen-bond donors (Lipinski definition) is 3. The fourth-order valence-corrected chi connectivity index (χ4v) is 1.95. The van der Waals surface area contributed by atoms with E-state index in [0.717, 1.165) is 0 Å². The molecular weight excluding hydrogens is 350 g/mol. The molecule has 9 heteroatoms. The second kappa shape index (κ2) is 9.66. The van der Waals surface area contributed by atoms with Gasteiger partial charge in [-0.3, -0.25) is 14.4 Å². The van der Waals surface area contributed by atoms with E-state index in [1.165, 1.54) is 7.11 Å². The van der Waals surface area contributed by atoms with Crippen molar-refractivity contribution in [3.05, 3.63) is 48.7 Å². The SMILES string of the molecule is COc1ccc(NC(=O)C(=O)N/N=C(\C)CC(=O)Nc2ccccn2)cc1. The standard InChI is InChI=1S/C18H19N5O4/c1-12(11-16(24)21-15-5-3-4-10-19-15)22-23-18(26)17(25)20-13-6-8-14(27-2)9-7-13/h3-10H,11H2,1-2H3,(H,20,25)(H,23,26)(H,19,21,24)/b22-12+. The van der Waals surface area contributed by atoms with Crippen LogP contribution in [0.5, 0.6) is 5.75 Å². The van der Waals surface area contributed by atoms with E-state index >= 15 is 0 Å². The maximum atomic E-state index is 11.9. The van der Waals surface area contributed by atoms with Crippen molar-refractivity contribution in [2.75, 3.05) is 17.7 Å². The van der Waals surface area contributed by atoms with Gasteiger partial charge in [0.2, 0.25) is 5.91 Å². The number of rotatable bonds is 6. The Hall–Kier alpha value is -3.75. The van der Waals surface area contributed by atoms with Crippen LogP contribution in [0.25, 0.3) is 0 Å². The summed E-state index contributed by atoms with van der Waals surface area (Å²) in [6, 6.07) is 11.6. The van der Waals surface area contributed by atoms with Gasteiger partial charge in [-0.05, 0) is 43.3 Å². The van der Waals surface area contributed by atoms with Crippen molar-refractivity contribution in [2.45, 2.75) is 13.3 Å². The summed E-state index contributed by atoms with van der Waals surface area (Å²) in [5, 5.41) is 8.77. The van der Waals surface area contributed by atoms with Crippen LogP contribution in [0.15, 0.2) is 53.8 Å². The van der Waals surface area contributed by atoms with Crippen molar-refractivity contribution in [1.82, 2.24) is 10.4 Å². The van der Waals surface area contributed by atoms with E-state index in [0.29, 0.717) is 23.0 Å². The van der Waals surface area contributed by atoms with E-state index in [1.54, 1.807) is 55.6 Å². The lowest BCUT2D eigenvalue weighted by Crippen LogP contribution is -2.33. The molecule has 0 aliphatic rings. The van der Waals surface area contributed by atoms with Crippen molar-refractivity contribution >= 4 is 34.9 Å². The van der Waals surface area contributed by atoms with Gasteiger partial charge in [0, 0.05) is 17.6 Å². The highest BCUT2D eigenvalue weighted by molar-refractivity contribution is 6.39. The Morgan fingerprint density at radius 2 is 1.78 bits per heavy atom. The van der Waals surface area contributed by atoms with Crippen LogP contribution in [-0.2, 0) is 14.4 Å². The average Bonchev–Trinajstić information content (AvgIpc) is 2.67. The third-order valence-corrected chi connectivity index (χ3v) is 3.25. The Bertz CT molecular complexity index is 835. The molecule has 140 valence electrons. The number of hydrogen-bond acceptors (Lipinski definition) is 6. The third-order valence-electron chi connectivity index (χ3n) is 3.25. The fraction of sp³-hybridized carbons (Fsp3) is 0.167. The van der Waals surface area contributed by atoms with Crippen LogP contribution in [0.1, 0.15) is 13.3 Å². The average molecular weight is 369 g/mol. The van der Waals surface area contributed by atoms with Crippen LogP contribution in [-0.4, -0.2) is 35.5 Å². The predicted molar refractivity (Wildman–Crippen MR) is 100 cm³/mol. The number of carbonyl (C=O) groups is 3. The summed E-state index contributed by atoms with van der Waals surface area (Å²) in [6.07, 6.45) is 1.50. The Morgan fingerprint density at radius 3 is 2.41 bits per heavy atom. The molecule has 0 saturated carbocycles. The summed E-state index contributed by atoms with van der Waals surface area (Å²) in [5.74, 6) is -1.13. The zero-order valence-electron chi connectivity index (χ0n) is 14.9. The number of pyridine rings is 1. The zero-order valence-corrected chi connectivity index (χ0v) is 14.9. The van der Waals surface area contributed by atoms with Gasteiger partial charge < -0.3 is 15.4 Å². The molecule has 0 aliphatic carbocycles. The lowest BCUT2D eigenvalue weighted by atomic mass is 10.3. The van der Waals surface area contributed by atoms with Gasteiger partial charge >= 0.3 is 11.8 Å². The smallest absolute Gasteiger partial charge is 0.329 e. The van der Waals surface area contributed by atoms with Crippen LogP contribution in [0.2, 0.25) is 0 Å². The molecule has 3 amide bonds. The summed E-state index contributed by atoms with van der Waals surface area (Å²) in [5.41, 5.74) is 2.88. The van der Waals surface area contributed by atoms with Crippen LogP contribution in [0, 0.1) is 0 Å². The number of hydrazone groups is 1. The minimum atomic E-state index is -0.949. The van der Waals surface area contributed by atoms with Crippen LogP contribution in [0.4, 0.5) is 11.5 Å². The number of anilines is 2. The summed E-state index contributed by atoms with van der Waals surface area (Å²) in [4.78, 5) is 39.5. The minimum Gasteiger partial charge on any atom is -0.497 e. The first-order valence-electron chi connectivity index (χ1n) is 7.97. The first-order valence-corrected chi connectivity index (χ1v) is 7.97. The molecule has 0 atom stereocenters. The van der Waals surface area contributed by atoms with E-state index in [1.807, 2.05) is 0 Å². The lowest BCUT2D eigenvalue weighted by molar-refractivity contribution is -0.136. The van der Waals surface area contributed by atoms with Crippen molar-refractivity contribution in [1.29, 1.82) is 0 Å². The van der Waals surface area contributed by atoms with E-state index in [4.69, 9.17) is 4.74 Å². The van der Waals surface area contributed by atoms with Gasteiger partial charge in [-0.2, -0.15) is 5.10 Å². The highest BCUT2D eigenvalue weighted by Gasteiger charge is 2.13. The molecule has 9 nitrogen and oxygen atoms in total. The zero-order chi connectivity index (χ0) is 19.6. The van der Waals surface area contributed by atoms with Gasteiger partial charge in [0.1, 0.15) is 11.6 Å².